The lowest BCUT2D eigenvalue weighted by Gasteiger charge is -2.10. The van der Waals surface area contributed by atoms with Crippen molar-refractivity contribution < 1.29 is 31.8 Å². The van der Waals surface area contributed by atoms with Crippen LogP contribution >= 0.6 is 15.9 Å². The summed E-state index contributed by atoms with van der Waals surface area (Å²) in [4.78, 5) is 0. The molecule has 0 heterocycles. The Morgan fingerprint density at radius 2 is 1.69 bits per heavy atom. The van der Waals surface area contributed by atoms with Gasteiger partial charge in [-0.3, -0.25) is 0 Å². The monoisotopic (exact) mass is 306 g/mol. The maximum Gasteiger partial charge on any atom is 0.272 e. The van der Waals surface area contributed by atoms with Gasteiger partial charge in [0.15, 0.2) is 23.1 Å². The topological polar surface area (TPSA) is 29.5 Å². The van der Waals surface area contributed by atoms with E-state index in [1.54, 1.807) is 0 Å². The summed E-state index contributed by atoms with van der Waals surface area (Å²) in [5.74, 6) is -7.63. The van der Waals surface area contributed by atoms with Crippen LogP contribution in [0, 0.1) is 17.5 Å². The third kappa shape index (κ3) is 2.37. The van der Waals surface area contributed by atoms with E-state index >= 15 is 0 Å². The molecule has 1 aromatic carbocycles. The molecule has 0 radical (unpaired) electrons. The first-order valence-electron chi connectivity index (χ1n) is 3.82. The number of hydrogen-bond donors (Lipinski definition) is 1. The van der Waals surface area contributed by atoms with Crippen LogP contribution in [-0.4, -0.2) is 18.1 Å². The minimum atomic E-state index is -2.95. The molecule has 0 aliphatic carbocycles. The van der Waals surface area contributed by atoms with E-state index in [-0.39, 0.29) is 0 Å². The van der Waals surface area contributed by atoms with Gasteiger partial charge in [0, 0.05) is 0 Å². The van der Waals surface area contributed by atoms with Crippen LogP contribution in [0.15, 0.2) is 4.47 Å². The predicted molar refractivity (Wildman–Crippen MR) is 47.2 cm³/mol. The second-order valence-corrected chi connectivity index (χ2v) is 3.43. The van der Waals surface area contributed by atoms with E-state index in [4.69, 9.17) is 5.11 Å². The molecule has 0 spiro atoms. The number of benzene rings is 1. The molecule has 2 nitrogen and oxygen atoms in total. The van der Waals surface area contributed by atoms with Crippen LogP contribution in [0.2, 0.25) is 0 Å². The molecule has 0 bridgehead atoms. The summed E-state index contributed by atoms with van der Waals surface area (Å²) in [7, 11) is 0. The first-order valence-corrected chi connectivity index (χ1v) is 4.61. The Labute approximate surface area is 94.8 Å². The molecule has 1 N–H and O–H groups in total. The third-order valence-corrected chi connectivity index (χ3v) is 2.25. The lowest BCUT2D eigenvalue weighted by atomic mass is 10.3. The first kappa shape index (κ1) is 13.0. The molecule has 0 amide bonds. The fourth-order valence-corrected chi connectivity index (χ4v) is 1.24. The number of halogens is 6. The highest BCUT2D eigenvalue weighted by Gasteiger charge is 2.25. The Balaban J connectivity index is 3.18. The number of alkyl halides is 2. The highest BCUT2D eigenvalue weighted by Crippen LogP contribution is 2.37. The molecule has 0 fully saturated rings. The maximum absolute atomic E-state index is 13.1. The van der Waals surface area contributed by atoms with E-state index < -0.39 is 46.5 Å². The number of aromatic hydroxyl groups is 1. The van der Waals surface area contributed by atoms with Gasteiger partial charge in [-0.1, -0.05) is 0 Å². The molecule has 1 rings (SSSR count). The van der Waals surface area contributed by atoms with E-state index in [0.717, 1.165) is 0 Å². The standard InChI is InChI=1S/C8H4BrF5O2/c9-3-4(12)7(15)6(14)8(5(3)13)16-1-2(10)11/h2,15H,1H2. The van der Waals surface area contributed by atoms with Crippen LogP contribution in [0.4, 0.5) is 22.0 Å². The summed E-state index contributed by atoms with van der Waals surface area (Å²) in [5.41, 5.74) is 0. The van der Waals surface area contributed by atoms with Crippen LogP contribution in [0.1, 0.15) is 0 Å². The van der Waals surface area contributed by atoms with Gasteiger partial charge in [0.05, 0.1) is 4.47 Å². The molecule has 0 saturated carbocycles. The summed E-state index contributed by atoms with van der Waals surface area (Å²) in [5, 5.41) is 8.84. The van der Waals surface area contributed by atoms with Crippen LogP contribution in [0.25, 0.3) is 0 Å². The molecule has 0 aliphatic rings. The van der Waals surface area contributed by atoms with Crippen molar-refractivity contribution in [1.82, 2.24) is 0 Å². The molecule has 8 heteroatoms. The molecular weight excluding hydrogens is 303 g/mol. The van der Waals surface area contributed by atoms with Gasteiger partial charge in [-0.25, -0.2) is 17.6 Å². The lowest BCUT2D eigenvalue weighted by Crippen LogP contribution is -2.10. The largest absolute Gasteiger partial charge is 0.503 e. The Bertz CT molecular complexity index is 381. The van der Waals surface area contributed by atoms with Crippen molar-refractivity contribution in [2.45, 2.75) is 6.43 Å². The Morgan fingerprint density at radius 3 is 2.19 bits per heavy atom. The fraction of sp³-hybridized carbons (Fsp3) is 0.250. The van der Waals surface area contributed by atoms with Crippen molar-refractivity contribution >= 4 is 15.9 Å². The van der Waals surface area contributed by atoms with E-state index in [0.29, 0.717) is 0 Å². The second-order valence-electron chi connectivity index (χ2n) is 2.64. The molecular formula is C8H4BrF5O2. The summed E-state index contributed by atoms with van der Waals surface area (Å²) in [6.07, 6.45) is -2.95. The number of phenols is 1. The number of phenolic OH excluding ortho intramolecular Hbond substituents is 1. The third-order valence-electron chi connectivity index (χ3n) is 1.55. The average Bonchev–Trinajstić information content (AvgIpc) is 2.23. The van der Waals surface area contributed by atoms with Crippen molar-refractivity contribution in [2.24, 2.45) is 0 Å². The maximum atomic E-state index is 13.1. The minimum Gasteiger partial charge on any atom is -0.503 e. The summed E-state index contributed by atoms with van der Waals surface area (Å²) < 4.78 is 65.7. The first-order chi connectivity index (χ1) is 7.36. The van der Waals surface area contributed by atoms with E-state index in [1.807, 2.05) is 0 Å². The summed E-state index contributed by atoms with van der Waals surface area (Å²) >= 11 is 2.38. The smallest absolute Gasteiger partial charge is 0.272 e. The predicted octanol–water partition coefficient (Wildman–Crippen LogP) is 3.22. The summed E-state index contributed by atoms with van der Waals surface area (Å²) in [6.45, 7) is -1.27. The Hall–Kier alpha value is -1.05. The normalized spacial score (nSPS) is 10.9. The number of hydrogen-bond acceptors (Lipinski definition) is 2. The van der Waals surface area contributed by atoms with E-state index in [2.05, 4.69) is 20.7 Å². The molecule has 16 heavy (non-hydrogen) atoms. The van der Waals surface area contributed by atoms with Crippen LogP contribution in [0.3, 0.4) is 0 Å². The molecule has 1 aromatic rings. The van der Waals surface area contributed by atoms with Gasteiger partial charge in [-0.15, -0.1) is 0 Å². The van der Waals surface area contributed by atoms with Crippen molar-refractivity contribution in [2.75, 3.05) is 6.61 Å². The second kappa shape index (κ2) is 4.86. The van der Waals surface area contributed by atoms with Gasteiger partial charge in [0.1, 0.15) is 6.61 Å². The van der Waals surface area contributed by atoms with Crippen LogP contribution in [0.5, 0.6) is 11.5 Å². The van der Waals surface area contributed by atoms with Crippen molar-refractivity contribution in [3.63, 3.8) is 0 Å². The molecule has 0 atom stereocenters. The van der Waals surface area contributed by atoms with E-state index in [9.17, 15) is 22.0 Å². The lowest BCUT2D eigenvalue weighted by molar-refractivity contribution is 0.0771. The SMILES string of the molecule is Oc1c(F)c(Br)c(F)c(OCC(F)F)c1F. The molecule has 0 saturated heterocycles. The van der Waals surface area contributed by atoms with Crippen LogP contribution in [-0.2, 0) is 0 Å². The van der Waals surface area contributed by atoms with Gasteiger partial charge in [0.25, 0.3) is 6.43 Å². The highest BCUT2D eigenvalue weighted by molar-refractivity contribution is 9.10. The van der Waals surface area contributed by atoms with Crippen molar-refractivity contribution in [1.29, 1.82) is 0 Å². The van der Waals surface area contributed by atoms with Gasteiger partial charge in [0.2, 0.25) is 5.82 Å². The Morgan fingerprint density at radius 1 is 1.12 bits per heavy atom. The molecule has 90 valence electrons. The Kier molecular flexibility index (Phi) is 3.95. The minimum absolute atomic E-state index is 0.893. The van der Waals surface area contributed by atoms with E-state index in [1.165, 1.54) is 0 Å². The van der Waals surface area contributed by atoms with Crippen molar-refractivity contribution in [3.05, 3.63) is 21.9 Å². The zero-order valence-electron chi connectivity index (χ0n) is 7.41. The molecule has 0 aromatic heterocycles. The number of ether oxygens (including phenoxy) is 1. The summed E-state index contributed by atoms with van der Waals surface area (Å²) in [6, 6.07) is 0. The zero-order valence-corrected chi connectivity index (χ0v) is 8.99. The van der Waals surface area contributed by atoms with Gasteiger partial charge >= 0.3 is 0 Å². The van der Waals surface area contributed by atoms with Gasteiger partial charge in [-0.05, 0) is 15.9 Å². The zero-order chi connectivity index (χ0) is 12.5. The molecule has 0 unspecified atom stereocenters. The van der Waals surface area contributed by atoms with Crippen molar-refractivity contribution in [3.8, 4) is 11.5 Å². The van der Waals surface area contributed by atoms with Gasteiger partial charge < -0.3 is 9.84 Å². The number of rotatable bonds is 3. The quantitative estimate of drug-likeness (QED) is 0.528. The molecule has 0 aliphatic heterocycles. The van der Waals surface area contributed by atoms with Crippen LogP contribution < -0.4 is 4.74 Å². The van der Waals surface area contributed by atoms with Gasteiger partial charge in [-0.2, -0.15) is 4.39 Å². The average molecular weight is 307 g/mol. The fourth-order valence-electron chi connectivity index (χ4n) is 0.873. The highest BCUT2D eigenvalue weighted by atomic mass is 79.9.